The van der Waals surface area contributed by atoms with Crippen LogP contribution in [0.25, 0.3) is 22.0 Å². The lowest BCUT2D eigenvalue weighted by atomic mass is 10.1. The lowest BCUT2D eigenvalue weighted by Gasteiger charge is -2.23. The molecule has 0 radical (unpaired) electrons. The second-order valence-electron chi connectivity index (χ2n) is 8.61. The summed E-state index contributed by atoms with van der Waals surface area (Å²) in [6, 6.07) is 20.1. The van der Waals surface area contributed by atoms with Gasteiger partial charge in [-0.25, -0.2) is 13.4 Å². The zero-order chi connectivity index (χ0) is 26.9. The number of nitrogens with zero attached hydrogens (tertiary/aromatic N) is 3. The zero-order valence-electron chi connectivity index (χ0n) is 20.0. The summed E-state index contributed by atoms with van der Waals surface area (Å²) in [4.78, 5) is 20.3. The molecule has 5 aromatic rings. The maximum Gasteiger partial charge on any atom is 0.324 e. The predicted octanol–water partition coefficient (Wildman–Crippen LogP) is 3.73. The predicted molar refractivity (Wildman–Crippen MR) is 143 cm³/mol. The molecular formula is C27H23N5O5S. The number of nitrogen functional groups attached to an aromatic ring is 1. The molecule has 0 aliphatic rings. The number of hydrogen-bond acceptors (Lipinski definition) is 7. The number of carboxylic acid groups (broad SMARTS) is 1. The molecule has 0 aliphatic heterocycles. The van der Waals surface area contributed by atoms with Crippen molar-refractivity contribution in [2.75, 3.05) is 10.8 Å². The van der Waals surface area contributed by atoms with Crippen LogP contribution in [0.5, 0.6) is 0 Å². The Morgan fingerprint density at radius 3 is 2.53 bits per heavy atom. The lowest BCUT2D eigenvalue weighted by molar-refractivity contribution is -0.135. The second-order valence-corrected chi connectivity index (χ2v) is 10.4. The summed E-state index contributed by atoms with van der Waals surface area (Å²) in [5.74, 6) is -0.848. The SMILES string of the molecule is N=C(N)c1ccc(CCc2nc3cc(N(CC(=O)O)S(=O)(=O)c4cccc5cccnc45)ccc3o2)cc1. The number of anilines is 1. The third kappa shape index (κ3) is 4.91. The molecule has 0 amide bonds. The van der Waals surface area contributed by atoms with Crippen LogP contribution in [0.3, 0.4) is 0 Å². The average Bonchev–Trinajstić information content (AvgIpc) is 3.32. The minimum absolute atomic E-state index is 0.00183. The van der Waals surface area contributed by atoms with Crippen LogP contribution in [0.15, 0.2) is 88.3 Å². The fourth-order valence-corrected chi connectivity index (χ4v) is 5.74. The van der Waals surface area contributed by atoms with Crippen molar-refractivity contribution in [3.63, 3.8) is 0 Å². The molecule has 2 aromatic heterocycles. The molecule has 0 aliphatic carbocycles. The van der Waals surface area contributed by atoms with Gasteiger partial charge < -0.3 is 15.3 Å². The van der Waals surface area contributed by atoms with Crippen LogP contribution in [-0.2, 0) is 27.7 Å². The smallest absolute Gasteiger partial charge is 0.324 e. The molecule has 0 saturated carbocycles. The number of nitrogens with two attached hydrogens (primary N) is 1. The fraction of sp³-hybridized carbons (Fsp3) is 0.111. The first kappa shape index (κ1) is 24.9. The highest BCUT2D eigenvalue weighted by Crippen LogP contribution is 2.30. The topological polar surface area (TPSA) is 163 Å². The van der Waals surface area contributed by atoms with Gasteiger partial charge in [-0.3, -0.25) is 19.5 Å². The van der Waals surface area contributed by atoms with E-state index in [4.69, 9.17) is 15.6 Å². The number of para-hydroxylation sites is 1. The number of pyridine rings is 1. The third-order valence-corrected chi connectivity index (χ3v) is 7.84. The molecule has 192 valence electrons. The number of aryl methyl sites for hydroxylation is 2. The number of benzene rings is 3. The lowest BCUT2D eigenvalue weighted by Crippen LogP contribution is -2.35. The van der Waals surface area contributed by atoms with Crippen LogP contribution in [0.4, 0.5) is 5.69 Å². The van der Waals surface area contributed by atoms with Gasteiger partial charge in [-0.1, -0.05) is 42.5 Å². The molecule has 5 rings (SSSR count). The van der Waals surface area contributed by atoms with Crippen molar-refractivity contribution in [2.45, 2.75) is 17.7 Å². The molecule has 4 N–H and O–H groups in total. The van der Waals surface area contributed by atoms with Gasteiger partial charge in [-0.15, -0.1) is 0 Å². The number of sulfonamides is 1. The Labute approximate surface area is 217 Å². The summed E-state index contributed by atoms with van der Waals surface area (Å²) in [7, 11) is -4.29. The van der Waals surface area contributed by atoms with Crippen molar-refractivity contribution >= 4 is 49.5 Å². The Morgan fingerprint density at radius 2 is 1.79 bits per heavy atom. The molecule has 2 heterocycles. The van der Waals surface area contributed by atoms with Crippen LogP contribution in [0.1, 0.15) is 17.0 Å². The summed E-state index contributed by atoms with van der Waals surface area (Å²) < 4.78 is 34.1. The Balaban J connectivity index is 1.46. The molecule has 11 heteroatoms. The minimum atomic E-state index is -4.29. The van der Waals surface area contributed by atoms with Gasteiger partial charge in [0.1, 0.15) is 22.8 Å². The number of carboxylic acids is 1. The number of aromatic nitrogens is 2. The molecule has 3 aromatic carbocycles. The first-order valence-corrected chi connectivity index (χ1v) is 13.1. The van der Waals surface area contributed by atoms with Crippen molar-refractivity contribution in [2.24, 2.45) is 5.73 Å². The van der Waals surface area contributed by atoms with E-state index < -0.39 is 22.5 Å². The van der Waals surface area contributed by atoms with Gasteiger partial charge in [-0.05, 0) is 42.3 Å². The van der Waals surface area contributed by atoms with E-state index in [-0.39, 0.29) is 21.9 Å². The highest BCUT2D eigenvalue weighted by molar-refractivity contribution is 7.93. The van der Waals surface area contributed by atoms with E-state index in [1.54, 1.807) is 42.5 Å². The summed E-state index contributed by atoms with van der Waals surface area (Å²) in [6.07, 6.45) is 2.61. The number of nitrogens with one attached hydrogen (secondary N) is 1. The van der Waals surface area contributed by atoms with E-state index in [0.29, 0.717) is 40.8 Å². The number of amidine groups is 1. The van der Waals surface area contributed by atoms with E-state index in [0.717, 1.165) is 9.87 Å². The number of fused-ring (bicyclic) bond motifs is 2. The van der Waals surface area contributed by atoms with Gasteiger partial charge in [0.05, 0.1) is 11.2 Å². The number of carbonyl (C=O) groups is 1. The first-order valence-electron chi connectivity index (χ1n) is 11.6. The van der Waals surface area contributed by atoms with E-state index in [9.17, 15) is 18.3 Å². The summed E-state index contributed by atoms with van der Waals surface area (Å²) >= 11 is 0. The van der Waals surface area contributed by atoms with Crippen molar-refractivity contribution in [3.8, 4) is 0 Å². The Kier molecular flexibility index (Phi) is 6.52. The molecule has 0 saturated heterocycles. The van der Waals surface area contributed by atoms with Crippen molar-refractivity contribution in [1.29, 1.82) is 5.41 Å². The van der Waals surface area contributed by atoms with Crippen molar-refractivity contribution in [3.05, 3.63) is 96.0 Å². The normalized spacial score (nSPS) is 11.6. The molecule has 0 spiro atoms. The number of rotatable bonds is 9. The molecule has 0 unspecified atom stereocenters. The summed E-state index contributed by atoms with van der Waals surface area (Å²) in [6.45, 7) is -0.780. The van der Waals surface area contributed by atoms with Crippen LogP contribution < -0.4 is 10.0 Å². The van der Waals surface area contributed by atoms with E-state index in [1.165, 1.54) is 24.4 Å². The highest BCUT2D eigenvalue weighted by Gasteiger charge is 2.29. The minimum Gasteiger partial charge on any atom is -0.480 e. The van der Waals surface area contributed by atoms with Gasteiger partial charge in [0.25, 0.3) is 10.0 Å². The van der Waals surface area contributed by atoms with Crippen molar-refractivity contribution in [1.82, 2.24) is 9.97 Å². The number of hydrogen-bond donors (Lipinski definition) is 3. The summed E-state index contributed by atoms with van der Waals surface area (Å²) in [5, 5.41) is 17.6. The molecule has 0 atom stereocenters. The molecule has 0 fully saturated rings. The first-order chi connectivity index (χ1) is 18.2. The maximum atomic E-state index is 13.7. The van der Waals surface area contributed by atoms with Crippen molar-refractivity contribution < 1.29 is 22.7 Å². The van der Waals surface area contributed by atoms with Gasteiger partial charge in [0.15, 0.2) is 11.5 Å². The quantitative estimate of drug-likeness (QED) is 0.192. The van der Waals surface area contributed by atoms with Gasteiger partial charge in [0.2, 0.25) is 0 Å². The average molecular weight is 530 g/mol. The second kappa shape index (κ2) is 9.94. The monoisotopic (exact) mass is 529 g/mol. The molecule has 0 bridgehead atoms. The molecular weight excluding hydrogens is 506 g/mol. The van der Waals surface area contributed by atoms with Gasteiger partial charge in [-0.2, -0.15) is 0 Å². The van der Waals surface area contributed by atoms with E-state index in [2.05, 4.69) is 9.97 Å². The zero-order valence-corrected chi connectivity index (χ0v) is 20.9. The standard InChI is InChI=1S/C27H23N5O5S/c28-27(29)19-9-6-17(7-10-19)8-13-24-31-21-15-20(11-12-22(21)37-24)32(16-25(33)34)38(35,36)23-5-1-3-18-4-2-14-30-26(18)23/h1-7,9-12,14-15H,8,13,16H2,(H3,28,29)(H,33,34). The van der Waals surface area contributed by atoms with Crippen LogP contribution in [-0.4, -0.2) is 41.8 Å². The maximum absolute atomic E-state index is 13.7. The Morgan fingerprint density at radius 1 is 1.03 bits per heavy atom. The van der Waals surface area contributed by atoms with Crippen LogP contribution in [0.2, 0.25) is 0 Å². The van der Waals surface area contributed by atoms with Crippen LogP contribution >= 0.6 is 0 Å². The molecule has 10 nitrogen and oxygen atoms in total. The Hall–Kier alpha value is -4.77. The van der Waals surface area contributed by atoms with E-state index >= 15 is 0 Å². The number of aliphatic carboxylic acids is 1. The number of oxazole rings is 1. The highest BCUT2D eigenvalue weighted by atomic mass is 32.2. The largest absolute Gasteiger partial charge is 0.480 e. The fourth-order valence-electron chi connectivity index (χ4n) is 4.17. The Bertz CT molecular complexity index is 1780. The van der Waals surface area contributed by atoms with Gasteiger partial charge in [0, 0.05) is 23.6 Å². The molecule has 38 heavy (non-hydrogen) atoms. The van der Waals surface area contributed by atoms with Gasteiger partial charge >= 0.3 is 5.97 Å². The van der Waals surface area contributed by atoms with E-state index in [1.807, 2.05) is 12.1 Å². The third-order valence-electron chi connectivity index (χ3n) is 6.04. The van der Waals surface area contributed by atoms with Crippen LogP contribution in [0, 0.1) is 5.41 Å². The summed E-state index contributed by atoms with van der Waals surface area (Å²) in [5.41, 5.74) is 8.42.